The lowest BCUT2D eigenvalue weighted by molar-refractivity contribution is -0.118. The van der Waals surface area contributed by atoms with Crippen LogP contribution < -0.4 is 20.1 Å². The second-order valence-electron chi connectivity index (χ2n) is 9.47. The van der Waals surface area contributed by atoms with Gasteiger partial charge in [-0.1, -0.05) is 6.07 Å². The summed E-state index contributed by atoms with van der Waals surface area (Å²) in [6, 6.07) is 11.8. The number of nitrogens with one attached hydrogen (secondary N) is 3. The highest BCUT2D eigenvalue weighted by Crippen LogP contribution is 2.65. The normalized spacial score (nSPS) is 19.8. The molecule has 2 aromatic carbocycles. The molecule has 1 aliphatic carbocycles. The second-order valence-corrected chi connectivity index (χ2v) is 9.47. The Hall–Kier alpha value is -5.06. The van der Waals surface area contributed by atoms with E-state index in [9.17, 15) is 4.79 Å². The molecule has 3 N–H and O–H groups in total. The SMILES string of the molecule is C=N/C=N\C=C(/C)c1ncc(OC)c(Nc2n[nH]c3cc([C@@H]4C[C@@]45C(=O)Nc4ccc(OC)cc45)ccc23)n1. The number of hydrogen-bond acceptors (Lipinski definition) is 8. The van der Waals surface area contributed by atoms with E-state index in [0.29, 0.717) is 23.2 Å². The number of nitrogens with zero attached hydrogens (tertiary/aromatic N) is 5. The van der Waals surface area contributed by atoms with E-state index in [2.05, 4.69) is 59.6 Å². The number of aliphatic imine (C=N–C) groups is 2. The topological polar surface area (TPSA) is 139 Å². The molecule has 0 bridgehead atoms. The molecule has 11 nitrogen and oxygen atoms in total. The number of aromatic amines is 1. The quantitative estimate of drug-likeness (QED) is 0.227. The van der Waals surface area contributed by atoms with Crippen LogP contribution in [0.2, 0.25) is 0 Å². The zero-order chi connectivity index (χ0) is 27.1. The van der Waals surface area contributed by atoms with Crippen molar-refractivity contribution in [3.8, 4) is 11.5 Å². The number of H-pyrrole nitrogens is 1. The summed E-state index contributed by atoms with van der Waals surface area (Å²) in [5, 5.41) is 14.8. The summed E-state index contributed by atoms with van der Waals surface area (Å²) in [4.78, 5) is 29.6. The summed E-state index contributed by atoms with van der Waals surface area (Å²) < 4.78 is 10.9. The van der Waals surface area contributed by atoms with Gasteiger partial charge >= 0.3 is 0 Å². The van der Waals surface area contributed by atoms with Gasteiger partial charge in [-0.3, -0.25) is 14.9 Å². The third-order valence-electron chi connectivity index (χ3n) is 7.29. The summed E-state index contributed by atoms with van der Waals surface area (Å²) >= 11 is 0. The van der Waals surface area contributed by atoms with Crippen molar-refractivity contribution >= 4 is 52.8 Å². The molecule has 2 atom stereocenters. The molecule has 4 aromatic rings. The zero-order valence-electron chi connectivity index (χ0n) is 21.6. The maximum atomic E-state index is 13.1. The van der Waals surface area contributed by atoms with Crippen LogP contribution in [0, 0.1) is 0 Å². The van der Waals surface area contributed by atoms with Gasteiger partial charge in [-0.15, -0.1) is 0 Å². The van der Waals surface area contributed by atoms with Gasteiger partial charge in [0.05, 0.1) is 31.3 Å². The number of carbonyl (C=O) groups is 1. The van der Waals surface area contributed by atoms with Crippen molar-refractivity contribution in [3.63, 3.8) is 0 Å². The average Bonchev–Trinajstić information content (AvgIpc) is 3.51. The van der Waals surface area contributed by atoms with Crippen LogP contribution in [-0.2, 0) is 10.2 Å². The number of anilines is 3. The fraction of sp³-hybridized carbons (Fsp3) is 0.214. The van der Waals surface area contributed by atoms with Gasteiger partial charge in [0.25, 0.3) is 0 Å². The standard InChI is InChI=1S/C28H26N8O3/c1-15(12-30-14-29-2)24-31-13-23(39-4)26(33-24)34-25-18-7-5-16(9-22(18)35-36-25)20-11-28(20)19-10-17(38-3)6-8-21(19)32-27(28)37/h5-10,12-14,20H,2,11H2,1,3-4H3,(H,32,37)(H2,31,33,34,35,36)/b15-12+,30-14-/t20-,28-/m0/s1. The van der Waals surface area contributed by atoms with E-state index in [4.69, 9.17) is 9.47 Å². The summed E-state index contributed by atoms with van der Waals surface area (Å²) in [6.45, 7) is 5.22. The fourth-order valence-corrected chi connectivity index (χ4v) is 5.21. The number of fused-ring (bicyclic) bond motifs is 3. The molecule has 0 saturated heterocycles. The smallest absolute Gasteiger partial charge is 0.235 e. The van der Waals surface area contributed by atoms with E-state index in [1.54, 1.807) is 26.6 Å². The van der Waals surface area contributed by atoms with E-state index in [0.717, 1.165) is 45.5 Å². The van der Waals surface area contributed by atoms with Gasteiger partial charge in [-0.25, -0.2) is 15.0 Å². The number of ether oxygens (including phenoxy) is 2. The van der Waals surface area contributed by atoms with Crippen LogP contribution in [0.4, 0.5) is 17.3 Å². The first-order valence-corrected chi connectivity index (χ1v) is 12.3. The van der Waals surface area contributed by atoms with Gasteiger partial charge in [0.1, 0.15) is 12.1 Å². The molecule has 6 rings (SSSR count). The lowest BCUT2D eigenvalue weighted by Crippen LogP contribution is -2.21. The van der Waals surface area contributed by atoms with Gasteiger partial charge in [0, 0.05) is 28.8 Å². The van der Waals surface area contributed by atoms with Crippen molar-refractivity contribution in [1.29, 1.82) is 0 Å². The van der Waals surface area contributed by atoms with Crippen LogP contribution in [0.15, 0.2) is 58.8 Å². The average molecular weight is 523 g/mol. The fourth-order valence-electron chi connectivity index (χ4n) is 5.21. The van der Waals surface area contributed by atoms with Crippen molar-refractivity contribution in [2.75, 3.05) is 24.9 Å². The molecule has 2 aromatic heterocycles. The number of methoxy groups -OCH3 is 2. The highest BCUT2D eigenvalue weighted by atomic mass is 16.5. The summed E-state index contributed by atoms with van der Waals surface area (Å²) in [5.41, 5.74) is 3.93. The van der Waals surface area contributed by atoms with E-state index >= 15 is 0 Å². The minimum atomic E-state index is -0.569. The van der Waals surface area contributed by atoms with Gasteiger partial charge in [0.15, 0.2) is 23.2 Å². The molecular weight excluding hydrogens is 496 g/mol. The predicted molar refractivity (Wildman–Crippen MR) is 150 cm³/mol. The molecule has 2 aliphatic rings. The zero-order valence-corrected chi connectivity index (χ0v) is 21.6. The van der Waals surface area contributed by atoms with Crippen LogP contribution in [0.1, 0.15) is 36.2 Å². The predicted octanol–water partition coefficient (Wildman–Crippen LogP) is 4.58. The third-order valence-corrected chi connectivity index (χ3v) is 7.29. The Morgan fingerprint density at radius 3 is 2.87 bits per heavy atom. The highest BCUT2D eigenvalue weighted by Gasteiger charge is 2.65. The molecule has 39 heavy (non-hydrogen) atoms. The largest absolute Gasteiger partial charge is 0.497 e. The molecule has 1 amide bonds. The van der Waals surface area contributed by atoms with E-state index in [1.165, 1.54) is 6.34 Å². The molecule has 1 spiro atoms. The molecule has 1 fully saturated rings. The molecule has 3 heterocycles. The van der Waals surface area contributed by atoms with Gasteiger partial charge < -0.3 is 20.1 Å². The highest BCUT2D eigenvalue weighted by molar-refractivity contribution is 6.10. The van der Waals surface area contributed by atoms with Crippen molar-refractivity contribution in [2.45, 2.75) is 24.7 Å². The third kappa shape index (κ3) is 3.99. The first-order chi connectivity index (χ1) is 19.0. The molecule has 196 valence electrons. The summed E-state index contributed by atoms with van der Waals surface area (Å²) in [7, 11) is 3.19. The molecule has 0 radical (unpaired) electrons. The lowest BCUT2D eigenvalue weighted by atomic mass is 9.91. The molecule has 11 heteroatoms. The molecule has 0 unspecified atom stereocenters. The number of amides is 1. The van der Waals surface area contributed by atoms with Crippen LogP contribution in [-0.4, -0.2) is 53.3 Å². The van der Waals surface area contributed by atoms with Gasteiger partial charge in [-0.2, -0.15) is 5.10 Å². The van der Waals surface area contributed by atoms with Crippen molar-refractivity contribution in [3.05, 3.63) is 65.7 Å². The Kier molecular flexibility index (Phi) is 5.82. The second kappa shape index (κ2) is 9.35. The van der Waals surface area contributed by atoms with E-state index < -0.39 is 5.41 Å². The van der Waals surface area contributed by atoms with Crippen molar-refractivity contribution < 1.29 is 14.3 Å². The van der Waals surface area contributed by atoms with Crippen molar-refractivity contribution in [1.82, 2.24) is 20.2 Å². The Balaban J connectivity index is 1.29. The van der Waals surface area contributed by atoms with Crippen molar-refractivity contribution in [2.24, 2.45) is 9.98 Å². The van der Waals surface area contributed by atoms with E-state index in [1.807, 2.05) is 31.2 Å². The first-order valence-electron chi connectivity index (χ1n) is 12.3. The summed E-state index contributed by atoms with van der Waals surface area (Å²) in [5.74, 6) is 2.84. The molecular formula is C28H26N8O3. The number of hydrogen-bond donors (Lipinski definition) is 3. The Bertz CT molecular complexity index is 1690. The van der Waals surface area contributed by atoms with Crippen LogP contribution in [0.3, 0.4) is 0 Å². The monoisotopic (exact) mass is 522 g/mol. The van der Waals surface area contributed by atoms with Crippen LogP contribution >= 0.6 is 0 Å². The Labute approximate surface area is 224 Å². The number of allylic oxidation sites excluding steroid dienone is 1. The van der Waals surface area contributed by atoms with Gasteiger partial charge in [-0.05, 0) is 61.5 Å². The Morgan fingerprint density at radius 1 is 1.21 bits per heavy atom. The number of benzene rings is 2. The first kappa shape index (κ1) is 24.3. The minimum Gasteiger partial charge on any atom is -0.497 e. The Morgan fingerprint density at radius 2 is 2.08 bits per heavy atom. The number of carbonyl (C=O) groups excluding carboxylic acids is 1. The van der Waals surface area contributed by atoms with Gasteiger partial charge in [0.2, 0.25) is 5.91 Å². The number of rotatable bonds is 8. The van der Waals surface area contributed by atoms with E-state index in [-0.39, 0.29) is 11.8 Å². The maximum Gasteiger partial charge on any atom is 0.235 e. The lowest BCUT2D eigenvalue weighted by Gasteiger charge is -2.11. The molecule has 1 saturated carbocycles. The minimum absolute atomic E-state index is 0.0327. The number of aromatic nitrogens is 4. The maximum absolute atomic E-state index is 13.1. The summed E-state index contributed by atoms with van der Waals surface area (Å²) in [6.07, 6.45) is 5.28. The van der Waals surface area contributed by atoms with Crippen LogP contribution in [0.25, 0.3) is 16.5 Å². The molecule has 1 aliphatic heterocycles. The van der Waals surface area contributed by atoms with Crippen LogP contribution in [0.5, 0.6) is 11.5 Å².